The van der Waals surface area contributed by atoms with Crippen molar-refractivity contribution in [3.8, 4) is 5.69 Å². The van der Waals surface area contributed by atoms with E-state index in [-0.39, 0.29) is 0 Å². The number of hydrogen-bond donors (Lipinski definition) is 0. The number of carbonyl (C=O) groups is 1. The van der Waals surface area contributed by atoms with Crippen LogP contribution in [0.25, 0.3) is 5.69 Å². The van der Waals surface area contributed by atoms with Crippen LogP contribution in [0.2, 0.25) is 0 Å². The van der Waals surface area contributed by atoms with E-state index in [1.165, 1.54) is 32.1 Å². The lowest BCUT2D eigenvalue weighted by atomic mass is 9.85. The van der Waals surface area contributed by atoms with Gasteiger partial charge in [-0.1, -0.05) is 55.5 Å². The van der Waals surface area contributed by atoms with E-state index in [0.717, 1.165) is 36.4 Å². The van der Waals surface area contributed by atoms with Gasteiger partial charge in [0.05, 0.1) is 11.4 Å². The molecule has 4 heteroatoms. The highest BCUT2D eigenvalue weighted by atomic mass is 16.1. The van der Waals surface area contributed by atoms with Crippen molar-refractivity contribution < 1.29 is 4.79 Å². The Morgan fingerprint density at radius 2 is 1.90 bits per heavy atom. The molecule has 0 amide bonds. The summed E-state index contributed by atoms with van der Waals surface area (Å²) in [6.45, 7) is 0. The molecule has 0 atom stereocenters. The number of hydrogen-bond acceptors (Lipinski definition) is 3. The molecular formula is C17H21N3O. The first-order valence-corrected chi connectivity index (χ1v) is 7.83. The molecule has 1 aromatic heterocycles. The summed E-state index contributed by atoms with van der Waals surface area (Å²) in [5.41, 5.74) is 2.40. The molecular weight excluding hydrogens is 262 g/mol. The summed E-state index contributed by atoms with van der Waals surface area (Å²) in [5, 5.41) is 8.18. The lowest BCUT2D eigenvalue weighted by molar-refractivity contribution is 0.111. The van der Waals surface area contributed by atoms with Gasteiger partial charge in [0.1, 0.15) is 5.69 Å². The average molecular weight is 283 g/mol. The van der Waals surface area contributed by atoms with Crippen molar-refractivity contribution in [2.45, 2.75) is 44.9 Å². The molecule has 1 aliphatic carbocycles. The molecule has 4 nitrogen and oxygen atoms in total. The molecule has 0 saturated heterocycles. The average Bonchev–Trinajstić information content (AvgIpc) is 2.97. The zero-order chi connectivity index (χ0) is 14.5. The van der Waals surface area contributed by atoms with Crippen molar-refractivity contribution in [1.82, 2.24) is 15.0 Å². The zero-order valence-electron chi connectivity index (χ0n) is 12.2. The van der Waals surface area contributed by atoms with Crippen LogP contribution in [0.3, 0.4) is 0 Å². The fourth-order valence-corrected chi connectivity index (χ4v) is 3.23. The Kier molecular flexibility index (Phi) is 4.43. The molecule has 1 aliphatic rings. The van der Waals surface area contributed by atoms with Crippen LogP contribution >= 0.6 is 0 Å². The first-order valence-electron chi connectivity index (χ1n) is 7.83. The normalized spacial score (nSPS) is 16.0. The first-order chi connectivity index (χ1) is 10.4. The molecule has 0 bridgehead atoms. The largest absolute Gasteiger partial charge is 0.296 e. The van der Waals surface area contributed by atoms with E-state index in [1.807, 2.05) is 35.0 Å². The first kappa shape index (κ1) is 14.0. The standard InChI is InChI=1S/C17H21N3O/c21-13-16-17(12-11-14-7-3-1-4-8-14)20(19-18-16)15-9-5-2-6-10-15/h2,5-6,9-10,13-14H,1,3-4,7-8,11-12H2. The van der Waals surface area contributed by atoms with Crippen LogP contribution in [0.15, 0.2) is 30.3 Å². The molecule has 1 saturated carbocycles. The number of benzene rings is 1. The molecule has 0 spiro atoms. The van der Waals surface area contributed by atoms with Gasteiger partial charge in [-0.25, -0.2) is 4.68 Å². The van der Waals surface area contributed by atoms with Crippen molar-refractivity contribution >= 4 is 6.29 Å². The fourth-order valence-electron chi connectivity index (χ4n) is 3.23. The maximum atomic E-state index is 11.2. The summed E-state index contributed by atoms with van der Waals surface area (Å²) in [6, 6.07) is 9.91. The Morgan fingerprint density at radius 1 is 1.14 bits per heavy atom. The highest BCUT2D eigenvalue weighted by Gasteiger charge is 2.18. The molecule has 110 valence electrons. The third kappa shape index (κ3) is 3.20. The number of aldehydes is 1. The second kappa shape index (κ2) is 6.66. The van der Waals surface area contributed by atoms with Crippen molar-refractivity contribution in [2.75, 3.05) is 0 Å². The van der Waals surface area contributed by atoms with Gasteiger partial charge in [-0.2, -0.15) is 0 Å². The summed E-state index contributed by atoms with van der Waals surface area (Å²) in [5.74, 6) is 0.789. The second-order valence-electron chi connectivity index (χ2n) is 5.83. The Hall–Kier alpha value is -1.97. The summed E-state index contributed by atoms with van der Waals surface area (Å²) < 4.78 is 1.81. The van der Waals surface area contributed by atoms with E-state index in [9.17, 15) is 4.79 Å². The molecule has 1 aromatic carbocycles. The Labute approximate surface area is 125 Å². The van der Waals surface area contributed by atoms with Gasteiger partial charge in [0, 0.05) is 0 Å². The number of carbonyl (C=O) groups excluding carboxylic acids is 1. The lowest BCUT2D eigenvalue weighted by Gasteiger charge is -2.21. The van der Waals surface area contributed by atoms with Gasteiger partial charge in [-0.15, -0.1) is 5.10 Å². The minimum Gasteiger partial charge on any atom is -0.296 e. The van der Waals surface area contributed by atoms with Crippen molar-refractivity contribution in [3.63, 3.8) is 0 Å². The number of nitrogens with zero attached hydrogens (tertiary/aromatic N) is 3. The molecule has 0 N–H and O–H groups in total. The molecule has 1 heterocycles. The van der Waals surface area contributed by atoms with Crippen LogP contribution in [0.5, 0.6) is 0 Å². The summed E-state index contributed by atoms with van der Waals surface area (Å²) in [4.78, 5) is 11.2. The van der Waals surface area contributed by atoms with Crippen molar-refractivity contribution in [1.29, 1.82) is 0 Å². The molecule has 0 unspecified atom stereocenters. The third-order valence-corrected chi connectivity index (χ3v) is 4.42. The molecule has 0 radical (unpaired) electrons. The van der Waals surface area contributed by atoms with Crippen LogP contribution in [0.1, 0.15) is 54.7 Å². The number of aromatic nitrogens is 3. The van der Waals surface area contributed by atoms with Gasteiger partial charge in [0.15, 0.2) is 6.29 Å². The highest BCUT2D eigenvalue weighted by molar-refractivity contribution is 5.73. The molecule has 1 fully saturated rings. The van der Waals surface area contributed by atoms with Crippen LogP contribution in [-0.4, -0.2) is 21.3 Å². The predicted octanol–water partition coefficient (Wildman–Crippen LogP) is 3.59. The Morgan fingerprint density at radius 3 is 2.62 bits per heavy atom. The van der Waals surface area contributed by atoms with E-state index in [0.29, 0.717) is 5.69 Å². The van der Waals surface area contributed by atoms with Crippen LogP contribution < -0.4 is 0 Å². The topological polar surface area (TPSA) is 47.8 Å². The molecule has 2 aromatic rings. The van der Waals surface area contributed by atoms with Gasteiger partial charge in [0.2, 0.25) is 0 Å². The van der Waals surface area contributed by atoms with Gasteiger partial charge in [-0.3, -0.25) is 4.79 Å². The number of para-hydroxylation sites is 1. The Balaban J connectivity index is 1.79. The van der Waals surface area contributed by atoms with E-state index >= 15 is 0 Å². The zero-order valence-corrected chi connectivity index (χ0v) is 12.2. The lowest BCUT2D eigenvalue weighted by Crippen LogP contribution is -2.10. The van der Waals surface area contributed by atoms with Crippen LogP contribution in [0, 0.1) is 5.92 Å². The van der Waals surface area contributed by atoms with E-state index in [1.54, 1.807) is 0 Å². The maximum absolute atomic E-state index is 11.2. The van der Waals surface area contributed by atoms with E-state index < -0.39 is 0 Å². The summed E-state index contributed by atoms with van der Waals surface area (Å²) in [7, 11) is 0. The smallest absolute Gasteiger partial charge is 0.172 e. The molecule has 0 aliphatic heterocycles. The van der Waals surface area contributed by atoms with Gasteiger partial charge < -0.3 is 0 Å². The predicted molar refractivity (Wildman–Crippen MR) is 81.6 cm³/mol. The van der Waals surface area contributed by atoms with Gasteiger partial charge in [0.25, 0.3) is 0 Å². The van der Waals surface area contributed by atoms with E-state index in [2.05, 4.69) is 10.3 Å². The Bertz CT molecular complexity index is 585. The van der Waals surface area contributed by atoms with Crippen LogP contribution in [0.4, 0.5) is 0 Å². The molecule has 21 heavy (non-hydrogen) atoms. The fraction of sp³-hybridized carbons (Fsp3) is 0.471. The SMILES string of the molecule is O=Cc1nnn(-c2ccccc2)c1CCC1CCCCC1. The second-order valence-corrected chi connectivity index (χ2v) is 5.83. The van der Waals surface area contributed by atoms with Gasteiger partial charge in [-0.05, 0) is 30.9 Å². The van der Waals surface area contributed by atoms with Crippen molar-refractivity contribution in [3.05, 3.63) is 41.7 Å². The monoisotopic (exact) mass is 283 g/mol. The summed E-state index contributed by atoms with van der Waals surface area (Å²) in [6.07, 6.45) is 9.54. The number of rotatable bonds is 5. The highest BCUT2D eigenvalue weighted by Crippen LogP contribution is 2.28. The minimum atomic E-state index is 0.481. The molecule has 3 rings (SSSR count). The maximum Gasteiger partial charge on any atom is 0.172 e. The van der Waals surface area contributed by atoms with Crippen LogP contribution in [-0.2, 0) is 6.42 Å². The van der Waals surface area contributed by atoms with Gasteiger partial charge >= 0.3 is 0 Å². The quantitative estimate of drug-likeness (QED) is 0.788. The minimum absolute atomic E-state index is 0.481. The third-order valence-electron chi connectivity index (χ3n) is 4.42. The summed E-state index contributed by atoms with van der Waals surface area (Å²) >= 11 is 0. The van der Waals surface area contributed by atoms with Crippen molar-refractivity contribution in [2.24, 2.45) is 5.92 Å². The van der Waals surface area contributed by atoms with E-state index in [4.69, 9.17) is 0 Å².